The van der Waals surface area contributed by atoms with Crippen LogP contribution in [0.3, 0.4) is 0 Å². The summed E-state index contributed by atoms with van der Waals surface area (Å²) in [5, 5.41) is 3.82. The van der Waals surface area contributed by atoms with Crippen LogP contribution in [0.1, 0.15) is 25.7 Å². The van der Waals surface area contributed by atoms with Gasteiger partial charge >= 0.3 is 5.97 Å². The number of carbonyl (C=O) groups is 1. The van der Waals surface area contributed by atoms with Gasteiger partial charge in [0.05, 0.1) is 6.61 Å². The Morgan fingerprint density at radius 2 is 2.30 bits per heavy atom. The van der Waals surface area contributed by atoms with Gasteiger partial charge in [-0.05, 0) is 31.9 Å². The van der Waals surface area contributed by atoms with Gasteiger partial charge in [0.25, 0.3) is 0 Å². The fraction of sp³-hybridized carbons (Fsp3) is 0.357. The number of rotatable bonds is 4. The van der Waals surface area contributed by atoms with Crippen molar-refractivity contribution in [2.24, 2.45) is 0 Å². The van der Waals surface area contributed by atoms with Gasteiger partial charge in [0.15, 0.2) is 0 Å². The summed E-state index contributed by atoms with van der Waals surface area (Å²) < 4.78 is 23.4. The van der Waals surface area contributed by atoms with Crippen LogP contribution >= 0.6 is 0 Å². The third-order valence-electron chi connectivity index (χ3n) is 3.33. The lowest BCUT2D eigenvalue weighted by molar-refractivity contribution is -0.146. The van der Waals surface area contributed by atoms with Crippen molar-refractivity contribution in [1.82, 2.24) is 10.1 Å². The van der Waals surface area contributed by atoms with Crippen molar-refractivity contribution >= 4 is 5.97 Å². The minimum absolute atomic E-state index is 0.246. The number of carbonyl (C=O) groups excluding carboxylic acids is 1. The van der Waals surface area contributed by atoms with Crippen LogP contribution in [0, 0.1) is 5.82 Å². The summed E-state index contributed by atoms with van der Waals surface area (Å²) in [7, 11) is 0. The van der Waals surface area contributed by atoms with Crippen molar-refractivity contribution in [3.8, 4) is 11.4 Å². The van der Waals surface area contributed by atoms with Gasteiger partial charge in [0.2, 0.25) is 11.7 Å². The maximum Gasteiger partial charge on any atom is 0.321 e. The molecule has 1 fully saturated rings. The van der Waals surface area contributed by atoms with Crippen LogP contribution in [0.25, 0.3) is 11.4 Å². The highest BCUT2D eigenvalue weighted by Crippen LogP contribution is 2.48. The van der Waals surface area contributed by atoms with Crippen LogP contribution in [0.5, 0.6) is 0 Å². The standard InChI is InChI=1S/C14H13FN2O3/c1-2-19-13(18)14(6-7-14)12-16-11(17-20-12)9-4-3-5-10(15)8-9/h3-5,8H,2,6-7H2,1H3. The molecule has 5 nitrogen and oxygen atoms in total. The molecule has 0 spiro atoms. The number of aromatic nitrogens is 2. The lowest BCUT2D eigenvalue weighted by Crippen LogP contribution is -2.23. The highest BCUT2D eigenvalue weighted by Gasteiger charge is 2.57. The molecule has 0 aliphatic heterocycles. The number of ether oxygens (including phenoxy) is 1. The minimum atomic E-state index is -0.797. The SMILES string of the molecule is CCOC(=O)C1(c2nc(-c3cccc(F)c3)no2)CC1. The van der Waals surface area contributed by atoms with Crippen LogP contribution in [0.15, 0.2) is 28.8 Å². The normalized spacial score (nSPS) is 15.9. The lowest BCUT2D eigenvalue weighted by atomic mass is 10.1. The molecule has 1 aliphatic rings. The fourth-order valence-corrected chi connectivity index (χ4v) is 2.06. The van der Waals surface area contributed by atoms with E-state index < -0.39 is 5.41 Å². The molecule has 1 aliphatic carbocycles. The van der Waals surface area contributed by atoms with Crippen molar-refractivity contribution in [2.45, 2.75) is 25.2 Å². The Bertz CT molecular complexity index is 649. The summed E-state index contributed by atoms with van der Waals surface area (Å²) in [5.74, 6) is -0.194. The van der Waals surface area contributed by atoms with Gasteiger partial charge in [-0.25, -0.2) is 4.39 Å². The topological polar surface area (TPSA) is 65.2 Å². The second kappa shape index (κ2) is 4.70. The number of halogens is 1. The van der Waals surface area contributed by atoms with E-state index in [1.54, 1.807) is 19.1 Å². The quantitative estimate of drug-likeness (QED) is 0.802. The maximum absolute atomic E-state index is 13.2. The van der Waals surface area contributed by atoms with E-state index in [-0.39, 0.29) is 23.5 Å². The van der Waals surface area contributed by atoms with Gasteiger partial charge in [-0.3, -0.25) is 4.79 Å². The number of nitrogens with zero attached hydrogens (tertiary/aromatic N) is 2. The van der Waals surface area contributed by atoms with E-state index in [2.05, 4.69) is 10.1 Å². The predicted octanol–water partition coefficient (Wildman–Crippen LogP) is 2.47. The number of esters is 1. The van der Waals surface area contributed by atoms with Crippen molar-refractivity contribution < 1.29 is 18.4 Å². The number of hydrogen-bond acceptors (Lipinski definition) is 5. The first-order chi connectivity index (χ1) is 9.65. The molecule has 0 bridgehead atoms. The second-order valence-corrected chi connectivity index (χ2v) is 4.74. The molecule has 0 unspecified atom stereocenters. The summed E-state index contributed by atoms with van der Waals surface area (Å²) in [6, 6.07) is 5.91. The van der Waals surface area contributed by atoms with Crippen LogP contribution in [0.4, 0.5) is 4.39 Å². The van der Waals surface area contributed by atoms with E-state index in [1.165, 1.54) is 12.1 Å². The maximum atomic E-state index is 13.2. The highest BCUT2D eigenvalue weighted by molar-refractivity contribution is 5.85. The van der Waals surface area contributed by atoms with Gasteiger partial charge in [-0.15, -0.1) is 0 Å². The minimum Gasteiger partial charge on any atom is -0.465 e. The van der Waals surface area contributed by atoms with E-state index in [4.69, 9.17) is 9.26 Å². The predicted molar refractivity (Wildman–Crippen MR) is 67.2 cm³/mol. The number of hydrogen-bond donors (Lipinski definition) is 0. The van der Waals surface area contributed by atoms with E-state index in [0.717, 1.165) is 0 Å². The Hall–Kier alpha value is -2.24. The van der Waals surface area contributed by atoms with Crippen molar-refractivity contribution in [2.75, 3.05) is 6.61 Å². The molecule has 0 radical (unpaired) electrons. The zero-order valence-electron chi connectivity index (χ0n) is 10.9. The Morgan fingerprint density at radius 3 is 2.95 bits per heavy atom. The fourth-order valence-electron chi connectivity index (χ4n) is 2.06. The van der Waals surface area contributed by atoms with Gasteiger partial charge < -0.3 is 9.26 Å². The van der Waals surface area contributed by atoms with E-state index >= 15 is 0 Å². The summed E-state index contributed by atoms with van der Waals surface area (Å²) in [6.07, 6.45) is 1.27. The summed E-state index contributed by atoms with van der Waals surface area (Å²) in [6.45, 7) is 2.06. The molecule has 0 amide bonds. The van der Waals surface area contributed by atoms with Crippen molar-refractivity contribution in [3.63, 3.8) is 0 Å². The molecule has 0 saturated heterocycles. The first-order valence-electron chi connectivity index (χ1n) is 6.43. The third-order valence-corrected chi connectivity index (χ3v) is 3.33. The summed E-state index contributed by atoms with van der Waals surface area (Å²) >= 11 is 0. The molecule has 0 atom stereocenters. The largest absolute Gasteiger partial charge is 0.465 e. The van der Waals surface area contributed by atoms with Gasteiger partial charge in [-0.2, -0.15) is 4.98 Å². The molecule has 0 N–H and O–H groups in total. The van der Waals surface area contributed by atoms with Crippen LogP contribution in [0.2, 0.25) is 0 Å². The Kier molecular flexibility index (Phi) is 3.00. The van der Waals surface area contributed by atoms with E-state index in [1.807, 2.05) is 0 Å². The first-order valence-corrected chi connectivity index (χ1v) is 6.43. The monoisotopic (exact) mass is 276 g/mol. The average Bonchev–Trinajstić information content (AvgIpc) is 3.10. The van der Waals surface area contributed by atoms with Gasteiger partial charge in [0, 0.05) is 5.56 Å². The Labute approximate surface area is 114 Å². The molecule has 1 heterocycles. The van der Waals surface area contributed by atoms with Crippen molar-refractivity contribution in [1.29, 1.82) is 0 Å². The van der Waals surface area contributed by atoms with Crippen LogP contribution < -0.4 is 0 Å². The molecule has 2 aromatic rings. The highest BCUT2D eigenvalue weighted by atomic mass is 19.1. The number of benzene rings is 1. The Balaban J connectivity index is 1.89. The zero-order chi connectivity index (χ0) is 14.2. The van der Waals surface area contributed by atoms with Crippen LogP contribution in [-0.2, 0) is 14.9 Å². The molecular weight excluding hydrogens is 263 g/mol. The Morgan fingerprint density at radius 1 is 1.50 bits per heavy atom. The third kappa shape index (κ3) is 2.07. The van der Waals surface area contributed by atoms with Gasteiger partial charge in [-0.1, -0.05) is 17.3 Å². The molecule has 104 valence electrons. The van der Waals surface area contributed by atoms with Gasteiger partial charge in [0.1, 0.15) is 11.2 Å². The zero-order valence-corrected chi connectivity index (χ0v) is 10.9. The molecule has 1 aromatic heterocycles. The second-order valence-electron chi connectivity index (χ2n) is 4.74. The van der Waals surface area contributed by atoms with Crippen LogP contribution in [-0.4, -0.2) is 22.7 Å². The van der Waals surface area contributed by atoms with E-state index in [9.17, 15) is 9.18 Å². The molecule has 1 aromatic carbocycles. The smallest absolute Gasteiger partial charge is 0.321 e. The first kappa shape index (κ1) is 12.8. The molecule has 3 rings (SSSR count). The average molecular weight is 276 g/mol. The molecule has 1 saturated carbocycles. The lowest BCUT2D eigenvalue weighted by Gasteiger charge is -2.07. The van der Waals surface area contributed by atoms with Crippen molar-refractivity contribution in [3.05, 3.63) is 36.0 Å². The summed E-state index contributed by atoms with van der Waals surface area (Å²) in [4.78, 5) is 16.1. The molecule has 6 heteroatoms. The van der Waals surface area contributed by atoms with E-state index in [0.29, 0.717) is 25.0 Å². The summed E-state index contributed by atoms with van der Waals surface area (Å²) in [5.41, 5.74) is -0.283. The molecule has 20 heavy (non-hydrogen) atoms. The molecular formula is C14H13FN2O3.